The quantitative estimate of drug-likeness (QED) is 0.0695. The summed E-state index contributed by atoms with van der Waals surface area (Å²) in [5, 5.41) is 20.4. The van der Waals surface area contributed by atoms with E-state index in [1.54, 1.807) is 18.3 Å². The number of nitrogens with zero attached hydrogens (tertiary/aromatic N) is 12. The van der Waals surface area contributed by atoms with E-state index in [0.717, 1.165) is 116 Å². The van der Waals surface area contributed by atoms with Crippen molar-refractivity contribution in [2.75, 3.05) is 63.8 Å². The number of pyridine rings is 4. The third-order valence-electron chi connectivity index (χ3n) is 20.7. The number of piperidine rings is 2. The molecule has 0 aliphatic carbocycles. The maximum atomic E-state index is 13.4. The highest BCUT2D eigenvalue weighted by molar-refractivity contribution is 5.97. The predicted molar refractivity (Wildman–Crippen MR) is 380 cm³/mol. The van der Waals surface area contributed by atoms with Gasteiger partial charge in [0.15, 0.2) is 35.5 Å². The molecule has 0 atom stereocenters. The zero-order valence-electron chi connectivity index (χ0n) is 54.3. The van der Waals surface area contributed by atoms with Gasteiger partial charge in [-0.2, -0.15) is 0 Å². The minimum absolute atomic E-state index is 0.0108. The number of nitrogen functional groups attached to an aromatic ring is 2. The summed E-state index contributed by atoms with van der Waals surface area (Å²) in [5.74, 6) is 1.26. The van der Waals surface area contributed by atoms with Crippen molar-refractivity contribution < 1.29 is 29.4 Å². The monoisotopic (exact) mass is 1310 g/mol. The highest BCUT2D eigenvalue weighted by atomic mass is 16.3. The minimum Gasteiger partial charge on any atom is -0.507 e. The summed E-state index contributed by atoms with van der Waals surface area (Å²) < 4.78 is 4.12. The van der Waals surface area contributed by atoms with Gasteiger partial charge in [-0.1, -0.05) is 72.8 Å². The fraction of sp³-hybridized carbons (Fsp3) is 0.215. The molecule has 6 N–H and O–H groups in total. The molecule has 20 nitrogen and oxygen atoms in total. The molecule has 12 aromatic rings. The molecule has 20 heteroatoms. The van der Waals surface area contributed by atoms with Gasteiger partial charge < -0.3 is 31.5 Å². The topological polar surface area (TPSA) is 261 Å². The standard InChI is InChI=1S/C79H70N14O6/c80-70-61(10-5-34-82-70)72-86-67-28-26-65(85-75(67)92(72)59-19-11-50(12-20-59)43-88-35-29-78(30-36-88)32-38-90(39-33-78)76(98)55-15-17-57(45-94)68(96)41-55)54-9-4-8-53(40-54)64-24-23-62(71(81)83-64)73-87-66-27-25-63(52-6-2-1-3-7-52)84-74(66)93(73)60-21-13-51(14-22-60)44-89-37-31-79(47-89)48-91(49-79)77(99)56-16-18-58(46-95)69(97)42-56/h1-28,34,40-42,45-46,96-97H,29-33,35-39,43-44,47-49H2,(H2,80,82)(H2,81,83). The van der Waals surface area contributed by atoms with E-state index in [1.165, 1.54) is 29.8 Å². The van der Waals surface area contributed by atoms with Gasteiger partial charge in [-0.05, 0) is 184 Å². The molecule has 0 saturated carbocycles. The van der Waals surface area contributed by atoms with E-state index in [9.17, 15) is 29.4 Å². The summed E-state index contributed by atoms with van der Waals surface area (Å²) >= 11 is 0. The van der Waals surface area contributed by atoms with Crippen molar-refractivity contribution >= 4 is 58.4 Å². The number of aldehydes is 2. The molecule has 0 unspecified atom stereocenters. The Kier molecular flexibility index (Phi) is 15.9. The van der Waals surface area contributed by atoms with Gasteiger partial charge in [0.1, 0.15) is 34.2 Å². The first-order valence-electron chi connectivity index (χ1n) is 33.5. The highest BCUT2D eigenvalue weighted by Gasteiger charge is 2.49. The first-order chi connectivity index (χ1) is 48.3. The van der Waals surface area contributed by atoms with Crippen molar-refractivity contribution in [2.24, 2.45) is 10.8 Å². The molecule has 2 amide bonds. The van der Waals surface area contributed by atoms with E-state index < -0.39 is 0 Å². The summed E-state index contributed by atoms with van der Waals surface area (Å²) in [6.45, 7) is 7.84. The van der Waals surface area contributed by atoms with Gasteiger partial charge in [0.2, 0.25) is 0 Å². The fourth-order valence-electron chi connectivity index (χ4n) is 15.1. The molecule has 6 aromatic carbocycles. The average molecular weight is 1310 g/mol. The van der Waals surface area contributed by atoms with Crippen LogP contribution in [0.25, 0.3) is 90.3 Å². The third-order valence-corrected chi connectivity index (χ3v) is 20.7. The smallest absolute Gasteiger partial charge is 0.254 e. The van der Waals surface area contributed by atoms with Crippen LogP contribution >= 0.6 is 0 Å². The lowest BCUT2D eigenvalue weighted by Crippen LogP contribution is -2.59. The molecule has 10 heterocycles. The zero-order valence-corrected chi connectivity index (χ0v) is 54.3. The van der Waals surface area contributed by atoms with Crippen molar-refractivity contribution in [2.45, 2.75) is 45.2 Å². The number of carbonyl (C=O) groups excluding carboxylic acids is 4. The van der Waals surface area contributed by atoms with Crippen molar-refractivity contribution in [1.29, 1.82) is 0 Å². The van der Waals surface area contributed by atoms with E-state index >= 15 is 0 Å². The lowest BCUT2D eigenvalue weighted by Gasteiger charge is -2.48. The molecule has 99 heavy (non-hydrogen) atoms. The van der Waals surface area contributed by atoms with Crippen molar-refractivity contribution in [3.63, 3.8) is 0 Å². The van der Waals surface area contributed by atoms with Gasteiger partial charge >= 0.3 is 0 Å². The van der Waals surface area contributed by atoms with E-state index in [2.05, 4.69) is 78.5 Å². The maximum absolute atomic E-state index is 13.4. The van der Waals surface area contributed by atoms with Crippen molar-refractivity contribution in [3.8, 4) is 79.4 Å². The van der Waals surface area contributed by atoms with Gasteiger partial charge in [-0.3, -0.25) is 38.1 Å². The summed E-state index contributed by atoms with van der Waals surface area (Å²) in [6.07, 6.45) is 7.79. The molecule has 492 valence electrons. The van der Waals surface area contributed by atoms with E-state index in [4.69, 9.17) is 36.4 Å². The number of hydrogen-bond acceptors (Lipinski definition) is 16. The number of anilines is 2. The average Bonchev–Trinajstić information content (AvgIpc) is 1.59. The van der Waals surface area contributed by atoms with Crippen LogP contribution in [-0.2, 0) is 13.1 Å². The molecular weight excluding hydrogens is 1240 g/mol. The second-order valence-corrected chi connectivity index (χ2v) is 26.9. The Labute approximate surface area is 570 Å². The Morgan fingerprint density at radius 1 is 0.444 bits per heavy atom. The zero-order chi connectivity index (χ0) is 67.5. The molecule has 2 spiro atoms. The maximum Gasteiger partial charge on any atom is 0.254 e. The van der Waals surface area contributed by atoms with E-state index in [1.807, 2.05) is 107 Å². The van der Waals surface area contributed by atoms with Gasteiger partial charge in [0.05, 0.1) is 39.3 Å². The first-order valence-corrected chi connectivity index (χ1v) is 33.5. The van der Waals surface area contributed by atoms with E-state index in [0.29, 0.717) is 112 Å². The Hall–Kier alpha value is -11.7. The number of likely N-dealkylation sites (tertiary alicyclic amines) is 4. The number of amides is 2. The number of fused-ring (bicyclic) bond motifs is 2. The van der Waals surface area contributed by atoms with Crippen molar-refractivity contribution in [1.82, 2.24) is 58.6 Å². The van der Waals surface area contributed by atoms with Gasteiger partial charge in [-0.15, -0.1) is 0 Å². The molecule has 4 aliphatic heterocycles. The second kappa shape index (κ2) is 25.4. The lowest BCUT2D eigenvalue weighted by atomic mass is 9.71. The normalized spacial score (nSPS) is 16.0. The Bertz CT molecular complexity index is 5150. The van der Waals surface area contributed by atoms with Gasteiger partial charge in [-0.25, -0.2) is 29.9 Å². The highest BCUT2D eigenvalue weighted by Crippen LogP contribution is 2.44. The molecule has 16 rings (SSSR count). The molecule has 0 bridgehead atoms. The summed E-state index contributed by atoms with van der Waals surface area (Å²) in [4.78, 5) is 88.3. The number of hydrogen-bond donors (Lipinski definition) is 4. The number of aromatic hydroxyl groups is 2. The largest absolute Gasteiger partial charge is 0.507 e. The van der Waals surface area contributed by atoms with Crippen LogP contribution in [0.5, 0.6) is 11.5 Å². The predicted octanol–water partition coefficient (Wildman–Crippen LogP) is 12.3. The summed E-state index contributed by atoms with van der Waals surface area (Å²) in [5.41, 5.74) is 28.0. The molecule has 4 saturated heterocycles. The summed E-state index contributed by atoms with van der Waals surface area (Å²) in [6, 6.07) is 60.0. The third kappa shape index (κ3) is 11.9. The van der Waals surface area contributed by atoms with Crippen LogP contribution in [0.15, 0.2) is 194 Å². The fourth-order valence-corrected chi connectivity index (χ4v) is 15.1. The Morgan fingerprint density at radius 3 is 1.49 bits per heavy atom. The number of aromatic nitrogens is 8. The molecule has 6 aromatic heterocycles. The van der Waals surface area contributed by atoms with E-state index in [-0.39, 0.29) is 45.3 Å². The van der Waals surface area contributed by atoms with Crippen LogP contribution in [-0.4, -0.2) is 146 Å². The van der Waals surface area contributed by atoms with Crippen LogP contribution < -0.4 is 11.5 Å². The van der Waals surface area contributed by atoms with Gasteiger partial charge in [0, 0.05) is 96.6 Å². The number of imidazole rings is 2. The molecule has 4 aliphatic rings. The minimum atomic E-state index is -0.191. The van der Waals surface area contributed by atoms with Crippen molar-refractivity contribution in [3.05, 3.63) is 228 Å². The number of phenols is 2. The molecule has 4 fully saturated rings. The Balaban J connectivity index is 0.631. The van der Waals surface area contributed by atoms with Crippen LogP contribution in [0, 0.1) is 10.8 Å². The van der Waals surface area contributed by atoms with Crippen LogP contribution in [0.4, 0.5) is 11.6 Å². The van der Waals surface area contributed by atoms with Crippen LogP contribution in [0.3, 0.4) is 0 Å². The number of phenolic OH excluding ortho intramolecular Hbond substituents is 2. The lowest BCUT2D eigenvalue weighted by molar-refractivity contribution is 0.0103. The summed E-state index contributed by atoms with van der Waals surface area (Å²) in [7, 11) is 0. The SMILES string of the molecule is Nc1ncccc1-c1nc2ccc(-c3cccc(-c4ccc(-c5nc6ccc(-c7ccccc7)nc6n5-c5ccc(CN6CCC7(C6)CN(C(=O)c6ccc(C=O)c(O)c6)C7)cc5)c(N)n4)c3)nc2n1-c1ccc(CN2CCC3(CC2)CCN(C(=O)c2ccc(C=O)c(O)c2)CC3)cc1. The Morgan fingerprint density at radius 2 is 0.939 bits per heavy atom. The first kappa shape index (κ1) is 62.1. The van der Waals surface area contributed by atoms with Crippen LogP contribution in [0.1, 0.15) is 84.7 Å². The second-order valence-electron chi connectivity index (χ2n) is 26.9. The van der Waals surface area contributed by atoms with Crippen LogP contribution in [0.2, 0.25) is 0 Å². The molecule has 0 radical (unpaired) electrons. The number of benzene rings is 6. The number of rotatable bonds is 15. The number of nitrogens with two attached hydrogens (primary N) is 2. The van der Waals surface area contributed by atoms with Gasteiger partial charge in [0.25, 0.3) is 11.8 Å². The number of carbonyl (C=O) groups is 4. The molecular formula is C79H70N14O6.